The van der Waals surface area contributed by atoms with Crippen molar-refractivity contribution in [1.82, 2.24) is 5.32 Å². The van der Waals surface area contributed by atoms with Crippen LogP contribution in [0.3, 0.4) is 0 Å². The number of carbonyl (C=O) groups is 2. The monoisotopic (exact) mass is 463 g/mol. The normalized spacial score (nSPS) is 28.5. The third-order valence-corrected chi connectivity index (χ3v) is 6.02. The van der Waals surface area contributed by atoms with E-state index in [1.807, 2.05) is 0 Å². The highest BCUT2D eigenvalue weighted by Gasteiger charge is 2.54. The van der Waals surface area contributed by atoms with E-state index in [4.69, 9.17) is 14.0 Å². The molecule has 1 saturated heterocycles. The smallest absolute Gasteiger partial charge is 0.364 e. The lowest BCUT2D eigenvalue weighted by Crippen LogP contribution is -2.67. The number of nitrogens with one attached hydrogen (secondary N) is 1. The van der Waals surface area contributed by atoms with Crippen molar-refractivity contribution in [1.29, 1.82) is 0 Å². The van der Waals surface area contributed by atoms with E-state index in [0.717, 1.165) is 12.5 Å². The Morgan fingerprint density at radius 1 is 1.29 bits per heavy atom. The number of carboxylic acids is 1. The lowest BCUT2D eigenvalue weighted by Gasteiger charge is -2.44. The van der Waals surface area contributed by atoms with Crippen LogP contribution in [0.4, 0.5) is 0 Å². The molecule has 0 bridgehead atoms. The fraction of sp³-hybridized carbons (Fsp3) is 0.556. The molecule has 31 heavy (non-hydrogen) atoms. The summed E-state index contributed by atoms with van der Waals surface area (Å²) in [5.41, 5.74) is 0.803. The molecule has 2 unspecified atom stereocenters. The third kappa shape index (κ3) is 5.98. The molecule has 6 N–H and O–H groups in total. The minimum absolute atomic E-state index is 0.194. The van der Waals surface area contributed by atoms with E-state index < -0.39 is 71.3 Å². The molecule has 1 aliphatic rings. The molecule has 2 rings (SSSR count). The van der Waals surface area contributed by atoms with Gasteiger partial charge in [-0.15, -0.1) is 0 Å². The van der Waals surface area contributed by atoms with Crippen LogP contribution in [0, 0.1) is 6.92 Å². The van der Waals surface area contributed by atoms with E-state index in [0.29, 0.717) is 0 Å². The molecular formula is C18H25NO11S. The molecule has 174 valence electrons. The van der Waals surface area contributed by atoms with Crippen molar-refractivity contribution in [3.05, 3.63) is 29.8 Å². The maximum Gasteiger partial charge on any atom is 0.364 e. The van der Waals surface area contributed by atoms with Gasteiger partial charge in [-0.2, -0.15) is 8.42 Å². The van der Waals surface area contributed by atoms with Gasteiger partial charge in [0.2, 0.25) is 5.91 Å². The van der Waals surface area contributed by atoms with Gasteiger partial charge in [-0.1, -0.05) is 17.7 Å². The van der Waals surface area contributed by atoms with Crippen molar-refractivity contribution in [2.75, 3.05) is 6.61 Å². The third-order valence-electron chi connectivity index (χ3n) is 4.72. The second-order valence-corrected chi connectivity index (χ2v) is 8.89. The Hall–Kier alpha value is -2.13. The van der Waals surface area contributed by atoms with Gasteiger partial charge in [-0.05, 0) is 19.1 Å². The average Bonchev–Trinajstić information content (AvgIpc) is 2.67. The van der Waals surface area contributed by atoms with Gasteiger partial charge in [-0.3, -0.25) is 8.98 Å². The van der Waals surface area contributed by atoms with Gasteiger partial charge in [0.05, 0.1) is 23.6 Å². The van der Waals surface area contributed by atoms with Crippen LogP contribution in [-0.4, -0.2) is 88.7 Å². The fourth-order valence-corrected chi connectivity index (χ4v) is 3.98. The highest BCUT2D eigenvalue weighted by atomic mass is 32.2. The lowest BCUT2D eigenvalue weighted by atomic mass is 9.88. The number of amides is 1. The molecule has 1 aliphatic heterocycles. The topological polar surface area (TPSA) is 200 Å². The number of aliphatic hydroxyl groups excluding tert-OH is 3. The molecular weight excluding hydrogens is 438 g/mol. The first-order chi connectivity index (χ1) is 14.3. The zero-order valence-electron chi connectivity index (χ0n) is 16.7. The van der Waals surface area contributed by atoms with Crippen molar-refractivity contribution < 1.29 is 52.5 Å². The number of aliphatic hydroxyl groups is 4. The van der Waals surface area contributed by atoms with E-state index in [1.54, 1.807) is 6.92 Å². The average molecular weight is 463 g/mol. The van der Waals surface area contributed by atoms with Gasteiger partial charge in [0.1, 0.15) is 18.3 Å². The highest BCUT2D eigenvalue weighted by molar-refractivity contribution is 7.86. The summed E-state index contributed by atoms with van der Waals surface area (Å²) in [7, 11) is -4.29. The molecule has 0 aromatic heterocycles. The minimum Gasteiger partial charge on any atom is -0.477 e. The molecule has 1 aromatic carbocycles. The van der Waals surface area contributed by atoms with Gasteiger partial charge in [-0.25, -0.2) is 4.79 Å². The Morgan fingerprint density at radius 2 is 1.87 bits per heavy atom. The van der Waals surface area contributed by atoms with E-state index in [1.165, 1.54) is 24.3 Å². The molecule has 0 radical (unpaired) electrons. The number of hydrogen-bond acceptors (Lipinski definition) is 10. The molecule has 13 heteroatoms. The lowest BCUT2D eigenvalue weighted by molar-refractivity contribution is -0.294. The SMILES string of the molecule is CC(=O)N[C@H]1C([C@H](O)[C@H](O)COS(=O)(=O)c2ccc(C)cc2)OC(O)(C(=O)O)C[C@H]1O. The predicted octanol–water partition coefficient (Wildman–Crippen LogP) is -2.15. The second kappa shape index (κ2) is 9.56. The summed E-state index contributed by atoms with van der Waals surface area (Å²) in [4.78, 5) is 22.5. The van der Waals surface area contributed by atoms with Crippen LogP contribution in [-0.2, 0) is 28.6 Å². The molecule has 1 heterocycles. The van der Waals surface area contributed by atoms with E-state index >= 15 is 0 Å². The highest BCUT2D eigenvalue weighted by Crippen LogP contribution is 2.30. The molecule has 1 fully saturated rings. The number of carbonyl (C=O) groups excluding carboxylic acids is 1. The summed E-state index contributed by atoms with van der Waals surface area (Å²) < 4.78 is 34.2. The quantitative estimate of drug-likeness (QED) is 0.230. The standard InChI is InChI=1S/C18H25NO11S/c1-9-3-5-11(6-4-9)31(27,28)29-8-13(22)15(23)16-14(19-10(2)20)12(21)7-18(26,30-16)17(24)25/h3-6,12-16,21-23,26H,7-8H2,1-2H3,(H,19,20)(H,24,25)/t12-,13-,14-,15-,16?,18?/m1/s1. The van der Waals surface area contributed by atoms with Crippen molar-refractivity contribution in [3.63, 3.8) is 0 Å². The number of aryl methyl sites for hydroxylation is 1. The number of aliphatic carboxylic acids is 1. The summed E-state index contributed by atoms with van der Waals surface area (Å²) in [6, 6.07) is 4.23. The summed E-state index contributed by atoms with van der Waals surface area (Å²) >= 11 is 0. The summed E-state index contributed by atoms with van der Waals surface area (Å²) in [6.07, 6.45) is -8.31. The van der Waals surface area contributed by atoms with Crippen LogP contribution >= 0.6 is 0 Å². The molecule has 6 atom stereocenters. The van der Waals surface area contributed by atoms with E-state index in [2.05, 4.69) is 5.32 Å². The second-order valence-electron chi connectivity index (χ2n) is 7.28. The summed E-state index contributed by atoms with van der Waals surface area (Å²) in [5, 5.41) is 52.4. The predicted molar refractivity (Wildman–Crippen MR) is 102 cm³/mol. The van der Waals surface area contributed by atoms with Gasteiger partial charge < -0.3 is 35.6 Å². The first-order valence-electron chi connectivity index (χ1n) is 9.18. The fourth-order valence-electron chi connectivity index (χ4n) is 3.06. The Labute approximate surface area is 178 Å². The van der Waals surface area contributed by atoms with Crippen LogP contribution in [0.25, 0.3) is 0 Å². The Morgan fingerprint density at radius 3 is 2.39 bits per heavy atom. The molecule has 1 aromatic rings. The maximum atomic E-state index is 12.2. The Balaban J connectivity index is 2.17. The minimum atomic E-state index is -4.29. The number of hydrogen-bond donors (Lipinski definition) is 6. The zero-order valence-corrected chi connectivity index (χ0v) is 17.5. The summed E-state index contributed by atoms with van der Waals surface area (Å²) in [5.74, 6) is -5.44. The van der Waals surface area contributed by atoms with Crippen LogP contribution < -0.4 is 5.32 Å². The molecule has 0 spiro atoms. The van der Waals surface area contributed by atoms with Gasteiger partial charge >= 0.3 is 5.97 Å². The maximum absolute atomic E-state index is 12.2. The number of ether oxygens (including phenoxy) is 1. The molecule has 1 amide bonds. The van der Waals surface area contributed by atoms with Crippen molar-refractivity contribution in [2.45, 2.75) is 61.4 Å². The Bertz CT molecular complexity index is 904. The first-order valence-corrected chi connectivity index (χ1v) is 10.6. The molecule has 0 aliphatic carbocycles. The summed E-state index contributed by atoms with van der Waals surface area (Å²) in [6.45, 7) is 1.88. The van der Waals surface area contributed by atoms with Crippen molar-refractivity contribution in [3.8, 4) is 0 Å². The first kappa shape index (κ1) is 25.1. The van der Waals surface area contributed by atoms with Crippen LogP contribution in [0.1, 0.15) is 18.9 Å². The Kier molecular flexibility index (Phi) is 7.75. The van der Waals surface area contributed by atoms with Crippen LogP contribution in [0.5, 0.6) is 0 Å². The number of benzene rings is 1. The van der Waals surface area contributed by atoms with Gasteiger partial charge in [0, 0.05) is 13.3 Å². The molecule has 0 saturated carbocycles. The van der Waals surface area contributed by atoms with Crippen LogP contribution in [0.2, 0.25) is 0 Å². The van der Waals surface area contributed by atoms with Gasteiger partial charge in [0.25, 0.3) is 15.9 Å². The van der Waals surface area contributed by atoms with Crippen molar-refractivity contribution >= 4 is 22.0 Å². The van der Waals surface area contributed by atoms with Gasteiger partial charge in [0.15, 0.2) is 0 Å². The zero-order chi connectivity index (χ0) is 23.6. The van der Waals surface area contributed by atoms with E-state index in [-0.39, 0.29) is 4.90 Å². The van der Waals surface area contributed by atoms with Crippen LogP contribution in [0.15, 0.2) is 29.2 Å². The number of rotatable bonds is 8. The van der Waals surface area contributed by atoms with E-state index in [9.17, 15) is 38.4 Å². The van der Waals surface area contributed by atoms with Crippen molar-refractivity contribution in [2.24, 2.45) is 0 Å². The largest absolute Gasteiger partial charge is 0.477 e. The number of carboxylic acid groups (broad SMARTS) is 1. The molecule has 12 nitrogen and oxygen atoms in total.